The first-order valence-electron chi connectivity index (χ1n) is 4.82. The molecular weight excluding hydrogens is 214 g/mol. The van der Waals surface area contributed by atoms with Gasteiger partial charge in [-0.3, -0.25) is 4.99 Å². The molecule has 2 rings (SSSR count). The van der Waals surface area contributed by atoms with E-state index in [0.29, 0.717) is 0 Å². The summed E-state index contributed by atoms with van der Waals surface area (Å²) in [5.74, 6) is -0.356. The van der Waals surface area contributed by atoms with Gasteiger partial charge in [0.1, 0.15) is 30.5 Å². The summed E-state index contributed by atoms with van der Waals surface area (Å²) < 4.78 is 31.9. The Morgan fingerprint density at radius 1 is 1.62 bits per heavy atom. The molecule has 0 fully saturated rings. The number of nitrogens with zero attached hydrogens (tertiary/aromatic N) is 1. The van der Waals surface area contributed by atoms with E-state index in [-0.39, 0.29) is 24.6 Å². The van der Waals surface area contributed by atoms with Crippen LogP contribution in [0.15, 0.2) is 23.2 Å². The summed E-state index contributed by atoms with van der Waals surface area (Å²) in [6.07, 6.45) is 0. The number of hydrogen-bond acceptors (Lipinski definition) is 3. The van der Waals surface area contributed by atoms with Crippen LogP contribution in [0, 0.1) is 11.9 Å². The summed E-state index contributed by atoms with van der Waals surface area (Å²) in [5, 5.41) is 0. The molecule has 5 heteroatoms. The topological polar surface area (TPSA) is 47.6 Å². The Bertz CT molecular complexity index is 422. The largest absolute Gasteiger partial charge is 0.385 e. The molecule has 1 unspecified atom stereocenters. The van der Waals surface area contributed by atoms with E-state index in [9.17, 15) is 8.78 Å². The van der Waals surface area contributed by atoms with Gasteiger partial charge in [-0.2, -0.15) is 0 Å². The van der Waals surface area contributed by atoms with Gasteiger partial charge < -0.3 is 10.5 Å². The molecular formula is C11H11F2N2O. The number of hydrogen-bond donors (Lipinski definition) is 1. The highest BCUT2D eigenvalue weighted by Gasteiger charge is 2.37. The third-order valence-electron chi connectivity index (χ3n) is 2.48. The number of aliphatic imine (C=N–C) groups is 1. The van der Waals surface area contributed by atoms with Crippen LogP contribution in [0.1, 0.15) is 5.56 Å². The summed E-state index contributed by atoms with van der Waals surface area (Å²) in [6.45, 7) is -0.721. The highest BCUT2D eigenvalue weighted by Crippen LogP contribution is 2.31. The van der Waals surface area contributed by atoms with E-state index in [4.69, 9.17) is 10.5 Å². The molecule has 0 saturated heterocycles. The highest BCUT2D eigenvalue weighted by molar-refractivity contribution is 5.82. The van der Waals surface area contributed by atoms with Crippen LogP contribution >= 0.6 is 0 Å². The third-order valence-corrected chi connectivity index (χ3v) is 2.48. The van der Waals surface area contributed by atoms with Crippen molar-refractivity contribution < 1.29 is 13.5 Å². The van der Waals surface area contributed by atoms with Gasteiger partial charge in [0.15, 0.2) is 0 Å². The maximum absolute atomic E-state index is 13.6. The van der Waals surface area contributed by atoms with Crippen LogP contribution in [0.4, 0.5) is 8.78 Å². The van der Waals surface area contributed by atoms with E-state index in [1.807, 2.05) is 0 Å². The monoisotopic (exact) mass is 225 g/mol. The first-order valence-corrected chi connectivity index (χ1v) is 4.82. The number of nitrogens with two attached hydrogens (primary N) is 1. The molecule has 1 heterocycles. The van der Waals surface area contributed by atoms with Crippen LogP contribution in [0.2, 0.25) is 0 Å². The predicted octanol–water partition coefficient (Wildman–Crippen LogP) is 1.18. The quantitative estimate of drug-likeness (QED) is 0.821. The predicted molar refractivity (Wildman–Crippen MR) is 55.3 cm³/mol. The summed E-state index contributed by atoms with van der Waals surface area (Å²) in [4.78, 5) is 4.00. The lowest BCUT2D eigenvalue weighted by Gasteiger charge is -2.31. The van der Waals surface area contributed by atoms with E-state index < -0.39 is 18.0 Å². The summed E-state index contributed by atoms with van der Waals surface area (Å²) in [7, 11) is 0. The fraction of sp³-hybridized carbons (Fsp3) is 0.364. The van der Waals surface area contributed by atoms with Gasteiger partial charge in [-0.15, -0.1) is 0 Å². The van der Waals surface area contributed by atoms with Crippen molar-refractivity contribution in [1.29, 1.82) is 0 Å². The van der Waals surface area contributed by atoms with E-state index in [2.05, 4.69) is 11.1 Å². The maximum atomic E-state index is 13.6. The zero-order chi connectivity index (χ0) is 11.6. The second-order valence-electron chi connectivity index (χ2n) is 3.67. The number of ether oxygens (including phenoxy) is 1. The first-order chi connectivity index (χ1) is 7.68. The zero-order valence-electron chi connectivity index (χ0n) is 8.54. The van der Waals surface area contributed by atoms with Gasteiger partial charge in [-0.25, -0.2) is 8.78 Å². The number of benzene rings is 1. The standard InChI is InChI=1S/C11H11F2N2O/c12-6-11(7-16-5-10(14)15-11)8-3-1-2-4-9(8)13/h2-4H,5-7H2,(H2,14,15). The first kappa shape index (κ1) is 11.0. The van der Waals surface area contributed by atoms with Gasteiger partial charge in [0.25, 0.3) is 0 Å². The lowest BCUT2D eigenvalue weighted by Crippen LogP contribution is -2.41. The average Bonchev–Trinajstić information content (AvgIpc) is 2.29. The van der Waals surface area contributed by atoms with E-state index in [0.717, 1.165) is 0 Å². The second-order valence-corrected chi connectivity index (χ2v) is 3.67. The van der Waals surface area contributed by atoms with E-state index >= 15 is 0 Å². The molecule has 0 aromatic heterocycles. The normalized spacial score (nSPS) is 25.2. The fourth-order valence-corrected chi connectivity index (χ4v) is 1.71. The Morgan fingerprint density at radius 3 is 3.06 bits per heavy atom. The van der Waals surface area contributed by atoms with Gasteiger partial charge in [0.05, 0.1) is 6.61 Å². The molecule has 3 nitrogen and oxygen atoms in total. The number of alkyl halides is 1. The molecule has 1 atom stereocenters. The molecule has 1 aromatic carbocycles. The van der Waals surface area contributed by atoms with Crippen LogP contribution in [-0.4, -0.2) is 25.7 Å². The van der Waals surface area contributed by atoms with Crippen LogP contribution < -0.4 is 5.73 Å². The minimum Gasteiger partial charge on any atom is -0.385 e. The van der Waals surface area contributed by atoms with Crippen LogP contribution in [0.5, 0.6) is 0 Å². The minimum atomic E-state index is -1.36. The summed E-state index contributed by atoms with van der Waals surface area (Å²) in [5.41, 5.74) is 4.27. The zero-order valence-corrected chi connectivity index (χ0v) is 8.54. The Balaban J connectivity index is 2.50. The second kappa shape index (κ2) is 4.17. The lowest BCUT2D eigenvalue weighted by atomic mass is 9.91. The van der Waals surface area contributed by atoms with Gasteiger partial charge in [0, 0.05) is 5.56 Å². The highest BCUT2D eigenvalue weighted by atomic mass is 19.1. The number of halogens is 2. The molecule has 1 radical (unpaired) electrons. The maximum Gasteiger partial charge on any atom is 0.142 e. The van der Waals surface area contributed by atoms with E-state index in [1.165, 1.54) is 18.2 Å². The summed E-state index contributed by atoms with van der Waals surface area (Å²) in [6, 6.07) is 6.71. The van der Waals surface area contributed by atoms with Crippen molar-refractivity contribution >= 4 is 5.84 Å². The smallest absolute Gasteiger partial charge is 0.142 e. The molecule has 0 spiro atoms. The Labute approximate surface area is 91.9 Å². The van der Waals surface area contributed by atoms with Crippen molar-refractivity contribution in [3.63, 3.8) is 0 Å². The number of rotatable bonds is 2. The fourth-order valence-electron chi connectivity index (χ4n) is 1.71. The van der Waals surface area contributed by atoms with Gasteiger partial charge in [0.2, 0.25) is 0 Å². The molecule has 1 aliphatic heterocycles. The SMILES string of the molecule is NC1=NC(CF)(c2c[c]ccc2F)COC1. The average molecular weight is 225 g/mol. The third kappa shape index (κ3) is 1.78. The Morgan fingerprint density at radius 2 is 2.44 bits per heavy atom. The Hall–Kier alpha value is -1.49. The Kier molecular flexibility index (Phi) is 2.87. The molecule has 0 bridgehead atoms. The van der Waals surface area contributed by atoms with Gasteiger partial charge >= 0.3 is 0 Å². The molecule has 0 saturated carbocycles. The number of amidine groups is 1. The van der Waals surface area contributed by atoms with Gasteiger partial charge in [-0.05, 0) is 18.2 Å². The van der Waals surface area contributed by atoms with Crippen LogP contribution in [0.3, 0.4) is 0 Å². The van der Waals surface area contributed by atoms with Gasteiger partial charge in [-0.1, -0.05) is 6.07 Å². The molecule has 0 amide bonds. The van der Waals surface area contributed by atoms with Crippen molar-refractivity contribution in [2.75, 3.05) is 19.9 Å². The van der Waals surface area contributed by atoms with Crippen molar-refractivity contribution in [3.05, 3.63) is 35.6 Å². The van der Waals surface area contributed by atoms with E-state index in [1.54, 1.807) is 0 Å². The lowest BCUT2D eigenvalue weighted by molar-refractivity contribution is 0.0808. The van der Waals surface area contributed by atoms with Crippen molar-refractivity contribution in [1.82, 2.24) is 0 Å². The molecule has 1 aromatic rings. The molecule has 2 N–H and O–H groups in total. The molecule has 1 aliphatic rings. The van der Waals surface area contributed by atoms with Crippen molar-refractivity contribution in [2.24, 2.45) is 10.7 Å². The molecule has 16 heavy (non-hydrogen) atoms. The minimum absolute atomic E-state index is 0.0149. The van der Waals surface area contributed by atoms with Crippen LogP contribution in [0.25, 0.3) is 0 Å². The summed E-state index contributed by atoms with van der Waals surface area (Å²) >= 11 is 0. The van der Waals surface area contributed by atoms with Crippen molar-refractivity contribution in [2.45, 2.75) is 5.54 Å². The van der Waals surface area contributed by atoms with Crippen molar-refractivity contribution in [3.8, 4) is 0 Å². The molecule has 0 aliphatic carbocycles. The molecule has 85 valence electrons. The van der Waals surface area contributed by atoms with Crippen LogP contribution in [-0.2, 0) is 10.3 Å².